The summed E-state index contributed by atoms with van der Waals surface area (Å²) in [4.78, 5) is 11.9. The molecule has 0 amide bonds. The van der Waals surface area contributed by atoms with E-state index in [2.05, 4.69) is 40.7 Å². The fraction of sp³-hybridized carbons (Fsp3) is 0.407. The molecular formula is C27H30FN3O4. The number of nitrogens with zero attached hydrogens (tertiary/aromatic N) is 2. The Morgan fingerprint density at radius 2 is 1.97 bits per heavy atom. The van der Waals surface area contributed by atoms with Gasteiger partial charge in [-0.05, 0) is 67.3 Å². The Morgan fingerprint density at radius 3 is 2.60 bits per heavy atom. The standard InChI is InChI=1S/C27H30FN3O4/c1-15(2)25-24(16-7-9-27(35-4,10-8-16)26(32)33)19-13-21-17(14-29-30-21)11-22(19)31(25)18-5-6-20(28)23(12-18)34-3/h5-6,11-16H,7-10H2,1-4H3,(H,29,30)(H,32,33). The molecule has 0 unspecified atom stereocenters. The van der Waals surface area contributed by atoms with Gasteiger partial charge in [-0.2, -0.15) is 5.10 Å². The minimum absolute atomic E-state index is 0.165. The second-order valence-electron chi connectivity index (χ2n) is 9.71. The van der Waals surface area contributed by atoms with Crippen molar-refractivity contribution in [2.24, 2.45) is 0 Å². The molecule has 1 aliphatic rings. The van der Waals surface area contributed by atoms with Crippen molar-refractivity contribution < 1.29 is 23.8 Å². The molecule has 0 saturated heterocycles. The molecule has 1 aliphatic carbocycles. The minimum Gasteiger partial charge on any atom is -0.494 e. The van der Waals surface area contributed by atoms with Gasteiger partial charge in [0.05, 0.1) is 24.3 Å². The van der Waals surface area contributed by atoms with Gasteiger partial charge < -0.3 is 19.1 Å². The molecule has 0 atom stereocenters. The van der Waals surface area contributed by atoms with Crippen LogP contribution in [0.1, 0.15) is 62.6 Å². The Kier molecular flexibility index (Phi) is 5.79. The van der Waals surface area contributed by atoms with Gasteiger partial charge in [0.2, 0.25) is 0 Å². The Morgan fingerprint density at radius 1 is 1.23 bits per heavy atom. The van der Waals surface area contributed by atoms with Gasteiger partial charge in [0.25, 0.3) is 0 Å². The SMILES string of the molecule is COc1cc(-n2c(C(C)C)c(C3CCC(OC)(C(=O)O)CC3)c3cc4[nH]ncc4cc32)ccc1F. The van der Waals surface area contributed by atoms with E-state index >= 15 is 0 Å². The molecule has 8 heteroatoms. The van der Waals surface area contributed by atoms with Gasteiger partial charge in [-0.3, -0.25) is 5.10 Å². The van der Waals surface area contributed by atoms with Crippen LogP contribution in [-0.2, 0) is 9.53 Å². The number of methoxy groups -OCH3 is 2. The van der Waals surface area contributed by atoms with Crippen molar-refractivity contribution in [3.63, 3.8) is 0 Å². The summed E-state index contributed by atoms with van der Waals surface area (Å²) in [6.07, 6.45) is 4.10. The molecular weight excluding hydrogens is 449 g/mol. The summed E-state index contributed by atoms with van der Waals surface area (Å²) in [6, 6.07) is 9.17. The topological polar surface area (TPSA) is 89.4 Å². The van der Waals surface area contributed by atoms with E-state index in [0.717, 1.165) is 33.2 Å². The molecule has 2 aromatic heterocycles. The lowest BCUT2D eigenvalue weighted by molar-refractivity contribution is -0.166. The third kappa shape index (κ3) is 3.67. The van der Waals surface area contributed by atoms with Crippen LogP contribution in [0.4, 0.5) is 4.39 Å². The average Bonchev–Trinajstić information content (AvgIpc) is 3.44. The zero-order valence-corrected chi connectivity index (χ0v) is 20.4. The maximum absolute atomic E-state index is 14.3. The molecule has 0 radical (unpaired) electrons. The highest BCUT2D eigenvalue weighted by molar-refractivity contribution is 5.99. The first-order chi connectivity index (χ1) is 16.8. The third-order valence-corrected chi connectivity index (χ3v) is 7.53. The van der Waals surface area contributed by atoms with Crippen LogP contribution in [-0.4, -0.2) is 45.7 Å². The van der Waals surface area contributed by atoms with E-state index in [-0.39, 0.29) is 17.6 Å². The number of hydrogen-bond donors (Lipinski definition) is 2. The second-order valence-corrected chi connectivity index (χ2v) is 9.71. The number of nitrogens with one attached hydrogen (secondary N) is 1. The molecule has 0 bridgehead atoms. The van der Waals surface area contributed by atoms with Crippen LogP contribution in [0.3, 0.4) is 0 Å². The molecule has 35 heavy (non-hydrogen) atoms. The summed E-state index contributed by atoms with van der Waals surface area (Å²) < 4.78 is 27.2. The van der Waals surface area contributed by atoms with Gasteiger partial charge in [0.15, 0.2) is 17.2 Å². The molecule has 1 fully saturated rings. The number of halogens is 1. The maximum Gasteiger partial charge on any atom is 0.335 e. The Balaban J connectivity index is 1.75. The van der Waals surface area contributed by atoms with Gasteiger partial charge in [0, 0.05) is 35.3 Å². The fourth-order valence-electron chi connectivity index (χ4n) is 5.71. The molecule has 2 N–H and O–H groups in total. The number of aromatic nitrogens is 3. The van der Waals surface area contributed by atoms with Crippen molar-refractivity contribution in [3.05, 3.63) is 53.6 Å². The number of carboxylic acid groups (broad SMARTS) is 1. The summed E-state index contributed by atoms with van der Waals surface area (Å²) in [6.45, 7) is 4.31. The molecule has 5 rings (SSSR count). The molecule has 1 saturated carbocycles. The summed E-state index contributed by atoms with van der Waals surface area (Å²) in [5, 5.41) is 19.2. The number of hydrogen-bond acceptors (Lipinski definition) is 4. The number of rotatable bonds is 6. The molecule has 4 aromatic rings. The van der Waals surface area contributed by atoms with E-state index in [1.54, 1.807) is 18.3 Å². The van der Waals surface area contributed by atoms with Gasteiger partial charge in [-0.15, -0.1) is 0 Å². The van der Waals surface area contributed by atoms with Gasteiger partial charge >= 0.3 is 5.97 Å². The smallest absolute Gasteiger partial charge is 0.335 e. The lowest BCUT2D eigenvalue weighted by Gasteiger charge is -2.36. The number of ether oxygens (including phenoxy) is 2. The Hall–Kier alpha value is -3.39. The number of aliphatic carboxylic acids is 1. The van der Waals surface area contributed by atoms with Crippen LogP contribution in [0.5, 0.6) is 5.75 Å². The first kappa shape index (κ1) is 23.4. The fourth-order valence-corrected chi connectivity index (χ4v) is 5.71. The van der Waals surface area contributed by atoms with E-state index in [1.807, 2.05) is 0 Å². The third-order valence-electron chi connectivity index (χ3n) is 7.53. The van der Waals surface area contributed by atoms with Crippen LogP contribution < -0.4 is 4.74 Å². The van der Waals surface area contributed by atoms with Crippen molar-refractivity contribution in [2.75, 3.05) is 14.2 Å². The summed E-state index contributed by atoms with van der Waals surface area (Å²) in [7, 11) is 2.95. The first-order valence-electron chi connectivity index (χ1n) is 11.9. The van der Waals surface area contributed by atoms with E-state index in [1.165, 1.54) is 25.8 Å². The van der Waals surface area contributed by atoms with Crippen LogP contribution in [0.2, 0.25) is 0 Å². The highest BCUT2D eigenvalue weighted by Gasteiger charge is 2.43. The number of H-pyrrole nitrogens is 1. The molecule has 0 aliphatic heterocycles. The zero-order chi connectivity index (χ0) is 24.9. The largest absolute Gasteiger partial charge is 0.494 e. The van der Waals surface area contributed by atoms with E-state index < -0.39 is 17.4 Å². The quantitative estimate of drug-likeness (QED) is 0.359. The summed E-state index contributed by atoms with van der Waals surface area (Å²) in [5.74, 6) is -0.787. The van der Waals surface area contributed by atoms with Crippen LogP contribution in [0, 0.1) is 5.82 Å². The lowest BCUT2D eigenvalue weighted by Crippen LogP contribution is -2.43. The number of fused-ring (bicyclic) bond motifs is 2. The maximum atomic E-state index is 14.3. The minimum atomic E-state index is -1.13. The van der Waals surface area contributed by atoms with Crippen LogP contribution in [0.15, 0.2) is 36.5 Å². The first-order valence-corrected chi connectivity index (χ1v) is 11.9. The van der Waals surface area contributed by atoms with Gasteiger partial charge in [-0.1, -0.05) is 13.8 Å². The molecule has 2 aromatic carbocycles. The van der Waals surface area contributed by atoms with Crippen LogP contribution >= 0.6 is 0 Å². The van der Waals surface area contributed by atoms with Crippen molar-refractivity contribution in [2.45, 2.75) is 57.0 Å². The van der Waals surface area contributed by atoms with Crippen molar-refractivity contribution >= 4 is 27.8 Å². The molecule has 7 nitrogen and oxygen atoms in total. The highest BCUT2D eigenvalue weighted by Crippen LogP contribution is 2.47. The van der Waals surface area contributed by atoms with Gasteiger partial charge in [-0.25, -0.2) is 9.18 Å². The van der Waals surface area contributed by atoms with E-state index in [0.29, 0.717) is 25.7 Å². The van der Waals surface area contributed by atoms with E-state index in [9.17, 15) is 14.3 Å². The lowest BCUT2D eigenvalue weighted by atomic mass is 9.74. The number of carboxylic acids is 1. The average molecular weight is 480 g/mol. The zero-order valence-electron chi connectivity index (χ0n) is 20.4. The number of aromatic amines is 1. The number of benzene rings is 2. The normalized spacial score (nSPS) is 20.7. The Labute approximate surface area is 202 Å². The predicted octanol–water partition coefficient (Wildman–Crippen LogP) is 5.91. The second kappa shape index (κ2) is 8.68. The van der Waals surface area contributed by atoms with E-state index in [4.69, 9.17) is 9.47 Å². The summed E-state index contributed by atoms with van der Waals surface area (Å²) >= 11 is 0. The number of carbonyl (C=O) groups is 1. The summed E-state index contributed by atoms with van der Waals surface area (Å²) in [5.41, 5.74) is 3.99. The van der Waals surface area contributed by atoms with Gasteiger partial charge in [0.1, 0.15) is 0 Å². The van der Waals surface area contributed by atoms with Crippen molar-refractivity contribution in [3.8, 4) is 11.4 Å². The van der Waals surface area contributed by atoms with Crippen molar-refractivity contribution in [1.29, 1.82) is 0 Å². The Bertz CT molecular complexity index is 1410. The van der Waals surface area contributed by atoms with Crippen LogP contribution in [0.25, 0.3) is 27.5 Å². The predicted molar refractivity (Wildman–Crippen MR) is 132 cm³/mol. The molecule has 184 valence electrons. The molecule has 2 heterocycles. The highest BCUT2D eigenvalue weighted by atomic mass is 19.1. The monoisotopic (exact) mass is 479 g/mol. The van der Waals surface area contributed by atoms with Crippen molar-refractivity contribution in [1.82, 2.24) is 14.8 Å². The molecule has 0 spiro atoms.